The molecule has 0 aromatic carbocycles. The van der Waals surface area contributed by atoms with Gasteiger partial charge in [-0.3, -0.25) is 14.5 Å². The second-order valence-corrected chi connectivity index (χ2v) is 7.12. The SMILES string of the molecule is C[C@@H]1COCCN1c1cc(-c2ccnn2C)nc2c(-c3ccn[nH]3)nn(C)c12. The van der Waals surface area contributed by atoms with Gasteiger partial charge in [-0.05, 0) is 25.1 Å². The van der Waals surface area contributed by atoms with Gasteiger partial charge in [-0.25, -0.2) is 4.98 Å². The highest BCUT2D eigenvalue weighted by atomic mass is 16.5. The summed E-state index contributed by atoms with van der Waals surface area (Å²) in [5.41, 5.74) is 6.43. The van der Waals surface area contributed by atoms with Gasteiger partial charge in [0.2, 0.25) is 0 Å². The third kappa shape index (κ3) is 2.58. The van der Waals surface area contributed by atoms with Crippen molar-refractivity contribution in [3.8, 4) is 22.8 Å². The molecule has 0 bridgehead atoms. The molecule has 1 aliphatic rings. The lowest BCUT2D eigenvalue weighted by molar-refractivity contribution is 0.0990. The summed E-state index contributed by atoms with van der Waals surface area (Å²) >= 11 is 0. The molecule has 5 heterocycles. The number of aryl methyl sites for hydroxylation is 2. The molecule has 1 fully saturated rings. The van der Waals surface area contributed by atoms with Crippen LogP contribution in [0.1, 0.15) is 6.92 Å². The van der Waals surface area contributed by atoms with Crippen molar-refractivity contribution in [1.82, 2.24) is 34.7 Å². The van der Waals surface area contributed by atoms with Crippen LogP contribution in [-0.4, -0.2) is 60.5 Å². The summed E-state index contributed by atoms with van der Waals surface area (Å²) in [6.07, 6.45) is 3.52. The Kier molecular flexibility index (Phi) is 3.90. The minimum atomic E-state index is 0.268. The molecule has 9 nitrogen and oxygen atoms in total. The van der Waals surface area contributed by atoms with Crippen LogP contribution < -0.4 is 4.90 Å². The van der Waals surface area contributed by atoms with E-state index in [1.807, 2.05) is 35.6 Å². The van der Waals surface area contributed by atoms with Crippen LogP contribution in [0.2, 0.25) is 0 Å². The van der Waals surface area contributed by atoms with Gasteiger partial charge in [-0.2, -0.15) is 15.3 Å². The summed E-state index contributed by atoms with van der Waals surface area (Å²) in [7, 11) is 3.89. The van der Waals surface area contributed by atoms with Gasteiger partial charge in [0.15, 0.2) is 0 Å². The van der Waals surface area contributed by atoms with E-state index in [9.17, 15) is 0 Å². The maximum atomic E-state index is 5.65. The van der Waals surface area contributed by atoms with E-state index in [0.717, 1.165) is 46.0 Å². The number of aromatic nitrogens is 7. The summed E-state index contributed by atoms with van der Waals surface area (Å²) in [5, 5.41) is 16.2. The molecule has 0 unspecified atom stereocenters. The number of nitrogens with zero attached hydrogens (tertiary/aromatic N) is 7. The fourth-order valence-electron chi connectivity index (χ4n) is 3.89. The highest BCUT2D eigenvalue weighted by Gasteiger charge is 2.26. The smallest absolute Gasteiger partial charge is 0.136 e. The average molecular weight is 378 g/mol. The second kappa shape index (κ2) is 6.45. The first-order valence-corrected chi connectivity index (χ1v) is 9.33. The first-order chi connectivity index (χ1) is 13.6. The van der Waals surface area contributed by atoms with Gasteiger partial charge < -0.3 is 9.64 Å². The van der Waals surface area contributed by atoms with Gasteiger partial charge in [0.25, 0.3) is 0 Å². The van der Waals surface area contributed by atoms with E-state index in [0.29, 0.717) is 13.2 Å². The Labute approximate surface area is 161 Å². The van der Waals surface area contributed by atoms with Crippen molar-refractivity contribution in [2.24, 2.45) is 14.1 Å². The number of ether oxygens (including phenoxy) is 1. The fraction of sp³-hybridized carbons (Fsp3) is 0.368. The van der Waals surface area contributed by atoms with E-state index in [1.165, 1.54) is 0 Å². The first-order valence-electron chi connectivity index (χ1n) is 9.33. The van der Waals surface area contributed by atoms with Crippen LogP contribution in [0.25, 0.3) is 33.8 Å². The molecule has 0 saturated carbocycles. The van der Waals surface area contributed by atoms with Crippen molar-refractivity contribution in [3.63, 3.8) is 0 Å². The lowest BCUT2D eigenvalue weighted by Crippen LogP contribution is -2.44. The molecule has 5 rings (SSSR count). The maximum absolute atomic E-state index is 5.65. The minimum Gasteiger partial charge on any atom is -0.377 e. The number of pyridine rings is 1. The zero-order chi connectivity index (χ0) is 19.3. The molecule has 9 heteroatoms. The van der Waals surface area contributed by atoms with Crippen LogP contribution in [0, 0.1) is 0 Å². The Morgan fingerprint density at radius 3 is 2.79 bits per heavy atom. The normalized spacial score (nSPS) is 17.5. The van der Waals surface area contributed by atoms with Crippen LogP contribution in [-0.2, 0) is 18.8 Å². The number of hydrogen-bond donors (Lipinski definition) is 1. The van der Waals surface area contributed by atoms with E-state index < -0.39 is 0 Å². The number of nitrogens with one attached hydrogen (secondary N) is 1. The van der Waals surface area contributed by atoms with E-state index in [4.69, 9.17) is 14.8 Å². The quantitative estimate of drug-likeness (QED) is 0.586. The number of morpholine rings is 1. The van der Waals surface area contributed by atoms with Gasteiger partial charge in [0, 0.05) is 39.1 Å². The van der Waals surface area contributed by atoms with Crippen LogP contribution in [0.15, 0.2) is 30.6 Å². The van der Waals surface area contributed by atoms with Crippen LogP contribution in [0.4, 0.5) is 5.69 Å². The lowest BCUT2D eigenvalue weighted by Gasteiger charge is -2.35. The highest BCUT2D eigenvalue weighted by Crippen LogP contribution is 2.36. The Morgan fingerprint density at radius 1 is 1.18 bits per heavy atom. The summed E-state index contributed by atoms with van der Waals surface area (Å²) in [4.78, 5) is 7.37. The average Bonchev–Trinajstić information content (AvgIpc) is 3.42. The van der Waals surface area contributed by atoms with Crippen molar-refractivity contribution in [1.29, 1.82) is 0 Å². The van der Waals surface area contributed by atoms with Crippen molar-refractivity contribution in [3.05, 3.63) is 30.6 Å². The molecule has 0 amide bonds. The van der Waals surface area contributed by atoms with Crippen molar-refractivity contribution < 1.29 is 4.74 Å². The van der Waals surface area contributed by atoms with E-state index in [1.54, 1.807) is 12.4 Å². The maximum Gasteiger partial charge on any atom is 0.136 e. The molecular formula is C19H22N8O. The molecular weight excluding hydrogens is 356 g/mol. The van der Waals surface area contributed by atoms with E-state index in [2.05, 4.69) is 33.2 Å². The Bertz CT molecular complexity index is 1130. The Hall–Kier alpha value is -3.20. The molecule has 0 aliphatic carbocycles. The predicted molar refractivity (Wildman–Crippen MR) is 106 cm³/mol. The van der Waals surface area contributed by atoms with Gasteiger partial charge in [0.1, 0.15) is 16.7 Å². The monoisotopic (exact) mass is 378 g/mol. The van der Waals surface area contributed by atoms with Gasteiger partial charge in [-0.1, -0.05) is 0 Å². The number of anilines is 1. The Balaban J connectivity index is 1.80. The van der Waals surface area contributed by atoms with Crippen molar-refractivity contribution in [2.75, 3.05) is 24.7 Å². The molecule has 1 atom stereocenters. The molecule has 1 saturated heterocycles. The second-order valence-electron chi connectivity index (χ2n) is 7.12. The van der Waals surface area contributed by atoms with Crippen LogP contribution in [0.5, 0.6) is 0 Å². The summed E-state index contributed by atoms with van der Waals surface area (Å²) in [6.45, 7) is 4.42. The zero-order valence-electron chi connectivity index (χ0n) is 16.1. The summed E-state index contributed by atoms with van der Waals surface area (Å²) in [5.74, 6) is 0. The molecule has 0 spiro atoms. The molecule has 0 radical (unpaired) electrons. The third-order valence-electron chi connectivity index (χ3n) is 5.29. The molecule has 28 heavy (non-hydrogen) atoms. The fourth-order valence-corrected chi connectivity index (χ4v) is 3.89. The zero-order valence-corrected chi connectivity index (χ0v) is 16.1. The molecule has 1 aliphatic heterocycles. The van der Waals surface area contributed by atoms with Crippen LogP contribution in [0.3, 0.4) is 0 Å². The van der Waals surface area contributed by atoms with Gasteiger partial charge in [-0.15, -0.1) is 0 Å². The topological polar surface area (TPSA) is 89.7 Å². The van der Waals surface area contributed by atoms with Crippen molar-refractivity contribution >= 4 is 16.7 Å². The highest BCUT2D eigenvalue weighted by molar-refractivity contribution is 5.98. The molecule has 4 aromatic heterocycles. The van der Waals surface area contributed by atoms with E-state index >= 15 is 0 Å². The van der Waals surface area contributed by atoms with Crippen molar-refractivity contribution in [2.45, 2.75) is 13.0 Å². The minimum absolute atomic E-state index is 0.268. The standard InChI is InChI=1S/C19H22N8O/c1-12-11-28-9-8-27(12)16-10-14(15-5-7-21-25(15)2)22-18-17(13-4-6-20-23-13)24-26(3)19(16)18/h4-7,10,12H,8-9,11H2,1-3H3,(H,20,23)/t12-/m1/s1. The number of rotatable bonds is 3. The van der Waals surface area contributed by atoms with E-state index in [-0.39, 0.29) is 6.04 Å². The number of H-pyrrole nitrogens is 1. The lowest BCUT2D eigenvalue weighted by atomic mass is 10.1. The third-order valence-corrected chi connectivity index (χ3v) is 5.29. The Morgan fingerprint density at radius 2 is 2.07 bits per heavy atom. The largest absolute Gasteiger partial charge is 0.377 e. The number of aromatic amines is 1. The molecule has 144 valence electrons. The predicted octanol–water partition coefficient (Wildman–Crippen LogP) is 1.98. The summed E-state index contributed by atoms with van der Waals surface area (Å²) in [6, 6.07) is 6.30. The molecule has 4 aromatic rings. The van der Waals surface area contributed by atoms with Gasteiger partial charge in [0.05, 0.1) is 36.0 Å². The van der Waals surface area contributed by atoms with Gasteiger partial charge >= 0.3 is 0 Å². The number of fused-ring (bicyclic) bond motifs is 1. The number of hydrogen-bond acceptors (Lipinski definition) is 6. The molecule has 1 N–H and O–H groups in total. The summed E-state index contributed by atoms with van der Waals surface area (Å²) < 4.78 is 9.40. The van der Waals surface area contributed by atoms with Crippen LogP contribution >= 0.6 is 0 Å². The first kappa shape index (κ1) is 16.9.